The summed E-state index contributed by atoms with van der Waals surface area (Å²) in [7, 11) is 1.50. The van der Waals surface area contributed by atoms with E-state index in [0.29, 0.717) is 5.75 Å². The molecule has 0 amide bonds. The molecule has 1 aromatic carbocycles. The van der Waals surface area contributed by atoms with Gasteiger partial charge in [0.2, 0.25) is 0 Å². The third-order valence-electron chi connectivity index (χ3n) is 1.66. The Morgan fingerprint density at radius 2 is 2.08 bits per heavy atom. The molecule has 3 heteroatoms. The first-order chi connectivity index (χ1) is 5.63. The quantitative estimate of drug-likeness (QED) is 0.733. The topological polar surface area (TPSA) is 35.2 Å². The lowest BCUT2D eigenvalue weighted by molar-refractivity contribution is 0.410. The largest absolute Gasteiger partial charge is 0.497 e. The molecule has 0 saturated carbocycles. The Morgan fingerprint density at radius 3 is 2.58 bits per heavy atom. The van der Waals surface area contributed by atoms with Gasteiger partial charge in [-0.25, -0.2) is 4.39 Å². The van der Waals surface area contributed by atoms with Crippen LogP contribution < -0.4 is 10.5 Å². The van der Waals surface area contributed by atoms with Gasteiger partial charge >= 0.3 is 0 Å². The third kappa shape index (κ3) is 1.95. The number of halogens is 1. The van der Waals surface area contributed by atoms with E-state index in [2.05, 4.69) is 0 Å². The van der Waals surface area contributed by atoms with E-state index >= 15 is 0 Å². The summed E-state index contributed by atoms with van der Waals surface area (Å²) in [5.41, 5.74) is 6.33. The predicted molar refractivity (Wildman–Crippen MR) is 45.6 cm³/mol. The van der Waals surface area contributed by atoms with Gasteiger partial charge < -0.3 is 10.5 Å². The Kier molecular flexibility index (Phi) is 2.65. The summed E-state index contributed by atoms with van der Waals surface area (Å²) >= 11 is 0. The van der Waals surface area contributed by atoms with Crippen molar-refractivity contribution in [3.63, 3.8) is 0 Å². The van der Waals surface area contributed by atoms with Gasteiger partial charge in [-0.2, -0.15) is 0 Å². The zero-order chi connectivity index (χ0) is 9.14. The van der Waals surface area contributed by atoms with Crippen LogP contribution in [0.2, 0.25) is 0 Å². The number of hydrogen-bond acceptors (Lipinski definition) is 2. The van der Waals surface area contributed by atoms with E-state index in [-0.39, 0.29) is 11.9 Å². The maximum atomic E-state index is 12.8. The van der Waals surface area contributed by atoms with E-state index in [0.717, 1.165) is 5.56 Å². The molecule has 0 aliphatic carbocycles. The second kappa shape index (κ2) is 3.54. The molecular formula is C9H12FNO. The van der Waals surface area contributed by atoms with Crippen LogP contribution in [0.15, 0.2) is 18.2 Å². The second-order valence-corrected chi connectivity index (χ2v) is 2.71. The molecule has 0 saturated heterocycles. The van der Waals surface area contributed by atoms with Gasteiger partial charge in [0, 0.05) is 12.1 Å². The number of benzene rings is 1. The van der Waals surface area contributed by atoms with Crippen LogP contribution in [0.25, 0.3) is 0 Å². The van der Waals surface area contributed by atoms with Crippen molar-refractivity contribution >= 4 is 0 Å². The molecule has 0 heterocycles. The molecule has 0 radical (unpaired) electrons. The zero-order valence-corrected chi connectivity index (χ0v) is 7.17. The minimum absolute atomic E-state index is 0.172. The maximum Gasteiger partial charge on any atom is 0.127 e. The lowest BCUT2D eigenvalue weighted by Crippen LogP contribution is -2.05. The molecule has 0 fully saturated rings. The van der Waals surface area contributed by atoms with Crippen molar-refractivity contribution in [2.75, 3.05) is 7.11 Å². The Morgan fingerprint density at radius 1 is 1.42 bits per heavy atom. The van der Waals surface area contributed by atoms with Crippen LogP contribution in [-0.2, 0) is 0 Å². The van der Waals surface area contributed by atoms with Crippen LogP contribution in [0.3, 0.4) is 0 Å². The van der Waals surface area contributed by atoms with Gasteiger partial charge in [0.25, 0.3) is 0 Å². The van der Waals surface area contributed by atoms with Crippen LogP contribution in [-0.4, -0.2) is 7.11 Å². The Bertz CT molecular complexity index is 273. The van der Waals surface area contributed by atoms with Crippen molar-refractivity contribution in [3.05, 3.63) is 29.6 Å². The molecule has 0 unspecified atom stereocenters. The van der Waals surface area contributed by atoms with Crippen LogP contribution in [0.1, 0.15) is 18.5 Å². The van der Waals surface area contributed by atoms with E-state index in [9.17, 15) is 4.39 Å². The number of ether oxygens (including phenoxy) is 1. The summed E-state index contributed by atoms with van der Waals surface area (Å²) in [6, 6.07) is 4.29. The Balaban J connectivity index is 3.06. The van der Waals surface area contributed by atoms with Crippen molar-refractivity contribution in [1.29, 1.82) is 0 Å². The molecule has 1 atom stereocenters. The highest BCUT2D eigenvalue weighted by atomic mass is 19.1. The number of nitrogens with two attached hydrogens (primary N) is 1. The maximum absolute atomic E-state index is 12.8. The van der Waals surface area contributed by atoms with Crippen LogP contribution in [0.4, 0.5) is 4.39 Å². The summed E-state index contributed by atoms with van der Waals surface area (Å²) in [4.78, 5) is 0. The van der Waals surface area contributed by atoms with Crippen molar-refractivity contribution in [2.24, 2.45) is 5.73 Å². The van der Waals surface area contributed by atoms with Crippen molar-refractivity contribution in [2.45, 2.75) is 13.0 Å². The van der Waals surface area contributed by atoms with Gasteiger partial charge in [-0.1, -0.05) is 0 Å². The van der Waals surface area contributed by atoms with Crippen LogP contribution in [0, 0.1) is 5.82 Å². The lowest BCUT2D eigenvalue weighted by atomic mass is 10.1. The molecule has 12 heavy (non-hydrogen) atoms. The average molecular weight is 169 g/mol. The summed E-state index contributed by atoms with van der Waals surface area (Å²) in [5, 5.41) is 0. The highest BCUT2D eigenvalue weighted by molar-refractivity contribution is 5.31. The summed E-state index contributed by atoms with van der Waals surface area (Å²) in [6.45, 7) is 1.80. The average Bonchev–Trinajstić information content (AvgIpc) is 2.03. The van der Waals surface area contributed by atoms with Gasteiger partial charge in [0.05, 0.1) is 7.11 Å². The van der Waals surface area contributed by atoms with E-state index < -0.39 is 0 Å². The van der Waals surface area contributed by atoms with Gasteiger partial charge in [0.15, 0.2) is 0 Å². The molecule has 2 N–H and O–H groups in total. The molecule has 1 rings (SSSR count). The first-order valence-electron chi connectivity index (χ1n) is 3.73. The monoisotopic (exact) mass is 169 g/mol. The Hall–Kier alpha value is -1.09. The molecule has 0 aliphatic heterocycles. The second-order valence-electron chi connectivity index (χ2n) is 2.71. The van der Waals surface area contributed by atoms with Gasteiger partial charge in [-0.3, -0.25) is 0 Å². The van der Waals surface area contributed by atoms with Gasteiger partial charge in [0.1, 0.15) is 11.6 Å². The first-order valence-corrected chi connectivity index (χ1v) is 3.73. The molecule has 2 nitrogen and oxygen atoms in total. The Labute approximate surface area is 71.1 Å². The van der Waals surface area contributed by atoms with Crippen molar-refractivity contribution in [3.8, 4) is 5.75 Å². The summed E-state index contributed by atoms with van der Waals surface area (Å²) in [6.07, 6.45) is 0. The number of methoxy groups -OCH3 is 1. The van der Waals surface area contributed by atoms with E-state index in [4.69, 9.17) is 10.5 Å². The molecular weight excluding hydrogens is 157 g/mol. The molecule has 1 aromatic rings. The van der Waals surface area contributed by atoms with Gasteiger partial charge in [-0.15, -0.1) is 0 Å². The summed E-state index contributed by atoms with van der Waals surface area (Å²) < 4.78 is 17.7. The molecule has 0 bridgehead atoms. The van der Waals surface area contributed by atoms with Crippen LogP contribution in [0.5, 0.6) is 5.75 Å². The number of rotatable bonds is 2. The molecule has 0 aliphatic rings. The smallest absolute Gasteiger partial charge is 0.127 e. The molecule has 0 spiro atoms. The fourth-order valence-corrected chi connectivity index (χ4v) is 0.965. The first kappa shape index (κ1) is 9.00. The van der Waals surface area contributed by atoms with E-state index in [1.165, 1.54) is 19.2 Å². The predicted octanol–water partition coefficient (Wildman–Crippen LogP) is 1.85. The summed E-state index contributed by atoms with van der Waals surface area (Å²) in [5.74, 6) is 0.184. The lowest BCUT2D eigenvalue weighted by Gasteiger charge is -2.07. The fraction of sp³-hybridized carbons (Fsp3) is 0.333. The van der Waals surface area contributed by atoms with Crippen molar-refractivity contribution < 1.29 is 9.13 Å². The van der Waals surface area contributed by atoms with E-state index in [1.54, 1.807) is 13.0 Å². The van der Waals surface area contributed by atoms with Crippen molar-refractivity contribution in [1.82, 2.24) is 0 Å². The highest BCUT2D eigenvalue weighted by Crippen LogP contribution is 2.19. The van der Waals surface area contributed by atoms with E-state index in [1.807, 2.05) is 0 Å². The SMILES string of the molecule is COc1cc(F)cc([C@@H](C)N)c1. The minimum Gasteiger partial charge on any atom is -0.497 e. The molecule has 0 aromatic heterocycles. The van der Waals surface area contributed by atoms with Gasteiger partial charge in [-0.05, 0) is 24.6 Å². The standard InChI is InChI=1S/C9H12FNO/c1-6(11)7-3-8(10)5-9(4-7)12-2/h3-6H,11H2,1-2H3/t6-/m1/s1. The van der Waals surface area contributed by atoms with Crippen LogP contribution >= 0.6 is 0 Å². The molecule has 66 valence electrons. The fourth-order valence-electron chi connectivity index (χ4n) is 0.965. The third-order valence-corrected chi connectivity index (χ3v) is 1.66. The minimum atomic E-state index is -0.318. The zero-order valence-electron chi connectivity index (χ0n) is 7.17. The number of hydrogen-bond donors (Lipinski definition) is 1. The normalized spacial score (nSPS) is 12.7. The highest BCUT2D eigenvalue weighted by Gasteiger charge is 2.03.